The van der Waals surface area contributed by atoms with Gasteiger partial charge in [0.25, 0.3) is 5.56 Å². The molecule has 0 saturated carbocycles. The summed E-state index contributed by atoms with van der Waals surface area (Å²) in [6, 6.07) is 9.63. The van der Waals surface area contributed by atoms with Gasteiger partial charge in [0.1, 0.15) is 5.82 Å². The predicted molar refractivity (Wildman–Crippen MR) is 76.6 cm³/mol. The first kappa shape index (κ1) is 12.2. The number of pyridine rings is 1. The van der Waals surface area contributed by atoms with Gasteiger partial charge in [-0.15, -0.1) is 0 Å². The van der Waals surface area contributed by atoms with E-state index in [0.717, 1.165) is 49.2 Å². The summed E-state index contributed by atoms with van der Waals surface area (Å²) in [7, 11) is 0. The van der Waals surface area contributed by atoms with E-state index in [1.807, 2.05) is 30.3 Å². The fourth-order valence-corrected chi connectivity index (χ4v) is 2.51. The molecule has 0 amide bonds. The van der Waals surface area contributed by atoms with E-state index in [4.69, 9.17) is 4.74 Å². The topological polar surface area (TPSA) is 54.1 Å². The fraction of sp³-hybridized carbons (Fsp3) is 0.400. The first-order chi connectivity index (χ1) is 9.33. The summed E-state index contributed by atoms with van der Waals surface area (Å²) in [5.41, 5.74) is -0.0347. The zero-order chi connectivity index (χ0) is 13.1. The van der Waals surface area contributed by atoms with Crippen LogP contribution in [-0.2, 0) is 4.74 Å². The number of hydrogen-bond donors (Lipinski definition) is 2. The zero-order valence-electron chi connectivity index (χ0n) is 10.8. The number of anilines is 1. The van der Waals surface area contributed by atoms with E-state index in [1.54, 1.807) is 0 Å². The molecule has 1 aliphatic rings. The summed E-state index contributed by atoms with van der Waals surface area (Å²) in [4.78, 5) is 14.8. The molecule has 1 fully saturated rings. The molecular weight excluding hydrogens is 240 g/mol. The predicted octanol–water partition coefficient (Wildman–Crippen LogP) is 2.37. The molecule has 4 heteroatoms. The Balaban J connectivity index is 1.75. The number of aromatic nitrogens is 1. The molecule has 19 heavy (non-hydrogen) atoms. The van der Waals surface area contributed by atoms with E-state index >= 15 is 0 Å². The van der Waals surface area contributed by atoms with Gasteiger partial charge in [0.05, 0.1) is 0 Å². The molecule has 0 bridgehead atoms. The van der Waals surface area contributed by atoms with Crippen LogP contribution < -0.4 is 10.9 Å². The lowest BCUT2D eigenvalue weighted by Gasteiger charge is -2.22. The summed E-state index contributed by atoms with van der Waals surface area (Å²) in [5, 5.41) is 5.04. The first-order valence-corrected chi connectivity index (χ1v) is 6.76. The highest BCUT2D eigenvalue weighted by Gasteiger charge is 2.13. The van der Waals surface area contributed by atoms with Gasteiger partial charge < -0.3 is 15.0 Å². The van der Waals surface area contributed by atoms with E-state index in [9.17, 15) is 4.79 Å². The quantitative estimate of drug-likeness (QED) is 0.888. The summed E-state index contributed by atoms with van der Waals surface area (Å²) in [6.07, 6.45) is 2.18. The van der Waals surface area contributed by atoms with Crippen molar-refractivity contribution >= 4 is 16.6 Å². The lowest BCUT2D eigenvalue weighted by atomic mass is 10.0. The third kappa shape index (κ3) is 2.79. The molecular formula is C15H18N2O2. The van der Waals surface area contributed by atoms with E-state index in [2.05, 4.69) is 10.3 Å². The number of aromatic amines is 1. The summed E-state index contributed by atoms with van der Waals surface area (Å²) >= 11 is 0. The Bertz CT molecular complexity index is 615. The minimum absolute atomic E-state index is 0.0347. The van der Waals surface area contributed by atoms with Crippen LogP contribution in [0.15, 0.2) is 35.1 Å². The zero-order valence-corrected chi connectivity index (χ0v) is 10.8. The smallest absolute Gasteiger partial charge is 0.257 e. The molecule has 0 aliphatic carbocycles. The molecule has 2 heterocycles. The minimum atomic E-state index is -0.0347. The number of ether oxygens (including phenoxy) is 1. The second kappa shape index (κ2) is 5.45. The Morgan fingerprint density at radius 3 is 2.89 bits per heavy atom. The highest BCUT2D eigenvalue weighted by Crippen LogP contribution is 2.17. The number of rotatable bonds is 3. The minimum Gasteiger partial charge on any atom is -0.381 e. The van der Waals surface area contributed by atoms with E-state index in [-0.39, 0.29) is 5.56 Å². The molecule has 0 atom stereocenters. The Kier molecular flexibility index (Phi) is 3.51. The monoisotopic (exact) mass is 258 g/mol. The Morgan fingerprint density at radius 2 is 2.05 bits per heavy atom. The van der Waals surface area contributed by atoms with Crippen LogP contribution >= 0.6 is 0 Å². The third-order valence-electron chi connectivity index (χ3n) is 3.68. The average molecular weight is 258 g/mol. The number of hydrogen-bond acceptors (Lipinski definition) is 3. The standard InChI is InChI=1S/C15H18N2O2/c18-15-13-4-2-1-3-12(13)9-14(17-15)16-10-11-5-7-19-8-6-11/h1-4,9,11H,5-8,10H2,(H2,16,17,18). The Labute approximate surface area is 111 Å². The molecule has 2 N–H and O–H groups in total. The molecule has 2 aromatic rings. The van der Waals surface area contributed by atoms with Crippen LogP contribution in [0.3, 0.4) is 0 Å². The fourth-order valence-electron chi connectivity index (χ4n) is 2.51. The van der Waals surface area contributed by atoms with Crippen molar-refractivity contribution in [3.8, 4) is 0 Å². The van der Waals surface area contributed by atoms with Crippen LogP contribution in [0.25, 0.3) is 10.8 Å². The van der Waals surface area contributed by atoms with Gasteiger partial charge in [-0.1, -0.05) is 18.2 Å². The van der Waals surface area contributed by atoms with Crippen molar-refractivity contribution in [2.45, 2.75) is 12.8 Å². The molecule has 0 radical (unpaired) electrons. The second-order valence-corrected chi connectivity index (χ2v) is 5.04. The van der Waals surface area contributed by atoms with Crippen molar-refractivity contribution in [3.63, 3.8) is 0 Å². The van der Waals surface area contributed by atoms with Crippen molar-refractivity contribution in [1.82, 2.24) is 4.98 Å². The highest BCUT2D eigenvalue weighted by molar-refractivity contribution is 5.83. The first-order valence-electron chi connectivity index (χ1n) is 6.76. The Hall–Kier alpha value is -1.81. The average Bonchev–Trinajstić information content (AvgIpc) is 2.46. The molecule has 0 unspecified atom stereocenters. The van der Waals surface area contributed by atoms with Gasteiger partial charge in [0.2, 0.25) is 0 Å². The van der Waals surface area contributed by atoms with Crippen LogP contribution in [-0.4, -0.2) is 24.7 Å². The van der Waals surface area contributed by atoms with Crippen LogP contribution in [0.1, 0.15) is 12.8 Å². The van der Waals surface area contributed by atoms with Crippen LogP contribution in [0, 0.1) is 5.92 Å². The van der Waals surface area contributed by atoms with E-state index in [1.165, 1.54) is 0 Å². The van der Waals surface area contributed by atoms with E-state index in [0.29, 0.717) is 5.92 Å². The highest BCUT2D eigenvalue weighted by atomic mass is 16.5. The molecule has 3 rings (SSSR count). The molecule has 4 nitrogen and oxygen atoms in total. The maximum absolute atomic E-state index is 11.9. The number of fused-ring (bicyclic) bond motifs is 1. The summed E-state index contributed by atoms with van der Waals surface area (Å²) in [6.45, 7) is 2.58. The molecule has 1 aromatic heterocycles. The third-order valence-corrected chi connectivity index (χ3v) is 3.68. The lowest BCUT2D eigenvalue weighted by Crippen LogP contribution is -2.23. The van der Waals surface area contributed by atoms with Crippen molar-refractivity contribution in [2.24, 2.45) is 5.92 Å². The van der Waals surface area contributed by atoms with Gasteiger partial charge in [-0.3, -0.25) is 4.79 Å². The van der Waals surface area contributed by atoms with Crippen molar-refractivity contribution in [2.75, 3.05) is 25.1 Å². The molecule has 1 saturated heterocycles. The van der Waals surface area contributed by atoms with Crippen molar-refractivity contribution in [3.05, 3.63) is 40.7 Å². The molecule has 0 spiro atoms. The van der Waals surface area contributed by atoms with Crippen LogP contribution in [0.2, 0.25) is 0 Å². The van der Waals surface area contributed by atoms with Gasteiger partial charge in [-0.25, -0.2) is 0 Å². The second-order valence-electron chi connectivity index (χ2n) is 5.04. The number of benzene rings is 1. The molecule has 1 aliphatic heterocycles. The van der Waals surface area contributed by atoms with E-state index < -0.39 is 0 Å². The maximum Gasteiger partial charge on any atom is 0.257 e. The van der Waals surface area contributed by atoms with Crippen LogP contribution in [0.5, 0.6) is 0 Å². The van der Waals surface area contributed by atoms with Gasteiger partial charge in [-0.05, 0) is 36.3 Å². The Morgan fingerprint density at radius 1 is 1.26 bits per heavy atom. The van der Waals surface area contributed by atoms with Crippen molar-refractivity contribution in [1.29, 1.82) is 0 Å². The molecule has 1 aromatic carbocycles. The number of H-pyrrole nitrogens is 1. The van der Waals surface area contributed by atoms with Gasteiger partial charge in [0.15, 0.2) is 0 Å². The van der Waals surface area contributed by atoms with Crippen molar-refractivity contribution < 1.29 is 4.74 Å². The SMILES string of the molecule is O=c1[nH]c(NCC2CCOCC2)cc2ccccc12. The summed E-state index contributed by atoms with van der Waals surface area (Å²) < 4.78 is 5.34. The van der Waals surface area contributed by atoms with Crippen LogP contribution in [0.4, 0.5) is 5.82 Å². The molecule has 100 valence electrons. The number of nitrogens with one attached hydrogen (secondary N) is 2. The van der Waals surface area contributed by atoms with Gasteiger partial charge in [-0.2, -0.15) is 0 Å². The van der Waals surface area contributed by atoms with Gasteiger partial charge >= 0.3 is 0 Å². The lowest BCUT2D eigenvalue weighted by molar-refractivity contribution is 0.0699. The van der Waals surface area contributed by atoms with Gasteiger partial charge in [0, 0.05) is 25.1 Å². The maximum atomic E-state index is 11.9. The summed E-state index contributed by atoms with van der Waals surface area (Å²) in [5.74, 6) is 1.43. The largest absolute Gasteiger partial charge is 0.381 e. The normalized spacial score (nSPS) is 16.6.